The van der Waals surface area contributed by atoms with Crippen LogP contribution < -0.4 is 14.8 Å². The molecular formula is C16H25NO2. The maximum Gasteiger partial charge on any atom is 0.164 e. The minimum atomic E-state index is 0.496. The molecule has 0 amide bonds. The smallest absolute Gasteiger partial charge is 0.164 e. The summed E-state index contributed by atoms with van der Waals surface area (Å²) in [6, 6.07) is 4.76. The quantitative estimate of drug-likeness (QED) is 0.885. The minimum Gasteiger partial charge on any atom is -0.493 e. The highest BCUT2D eigenvalue weighted by molar-refractivity contribution is 5.52. The van der Waals surface area contributed by atoms with Crippen molar-refractivity contribution in [1.29, 1.82) is 0 Å². The van der Waals surface area contributed by atoms with Gasteiger partial charge in [0.25, 0.3) is 0 Å². The fraction of sp³-hybridized carbons (Fsp3) is 0.625. The average molecular weight is 263 g/mol. The highest BCUT2D eigenvalue weighted by Crippen LogP contribution is 2.37. The van der Waals surface area contributed by atoms with Gasteiger partial charge >= 0.3 is 0 Å². The SMILES string of the molecule is COc1ccc(C(C)C)c(CC2CCCN2)c1OC. The van der Waals surface area contributed by atoms with Crippen molar-refractivity contribution in [2.24, 2.45) is 0 Å². The van der Waals surface area contributed by atoms with Crippen LogP contribution in [0.4, 0.5) is 0 Å². The molecular weight excluding hydrogens is 238 g/mol. The standard InChI is InChI=1S/C16H25NO2/c1-11(2)13-7-8-15(18-3)16(19-4)14(13)10-12-6-5-9-17-12/h7-8,11-12,17H,5-6,9-10H2,1-4H3. The summed E-state index contributed by atoms with van der Waals surface area (Å²) in [6.45, 7) is 5.59. The first-order chi connectivity index (χ1) is 9.17. The Morgan fingerprint density at radius 1 is 1.26 bits per heavy atom. The third kappa shape index (κ3) is 3.03. The van der Waals surface area contributed by atoms with Crippen molar-refractivity contribution in [1.82, 2.24) is 5.32 Å². The predicted molar refractivity (Wildman–Crippen MR) is 78.4 cm³/mol. The second-order valence-corrected chi connectivity index (χ2v) is 5.52. The van der Waals surface area contributed by atoms with Crippen LogP contribution in [0, 0.1) is 0 Å². The summed E-state index contributed by atoms with van der Waals surface area (Å²) in [6.07, 6.45) is 3.54. The first-order valence-corrected chi connectivity index (χ1v) is 7.14. The molecule has 19 heavy (non-hydrogen) atoms. The number of nitrogens with one attached hydrogen (secondary N) is 1. The Hall–Kier alpha value is -1.22. The highest BCUT2D eigenvalue weighted by Gasteiger charge is 2.22. The van der Waals surface area contributed by atoms with Crippen LogP contribution in [0.1, 0.15) is 43.7 Å². The molecule has 3 heteroatoms. The topological polar surface area (TPSA) is 30.5 Å². The first-order valence-electron chi connectivity index (χ1n) is 7.14. The molecule has 0 aliphatic carbocycles. The number of methoxy groups -OCH3 is 2. The van der Waals surface area contributed by atoms with Crippen LogP contribution >= 0.6 is 0 Å². The third-order valence-electron chi connectivity index (χ3n) is 3.92. The van der Waals surface area contributed by atoms with Crippen molar-refractivity contribution in [3.8, 4) is 11.5 Å². The van der Waals surface area contributed by atoms with Crippen molar-refractivity contribution in [2.75, 3.05) is 20.8 Å². The van der Waals surface area contributed by atoms with Crippen molar-refractivity contribution in [3.63, 3.8) is 0 Å². The summed E-state index contributed by atoms with van der Waals surface area (Å²) >= 11 is 0. The van der Waals surface area contributed by atoms with Gasteiger partial charge in [0.2, 0.25) is 0 Å². The Labute approximate surface area is 116 Å². The van der Waals surface area contributed by atoms with E-state index in [1.165, 1.54) is 24.0 Å². The number of hydrogen-bond acceptors (Lipinski definition) is 3. The predicted octanol–water partition coefficient (Wildman–Crippen LogP) is 3.12. The number of ether oxygens (including phenoxy) is 2. The lowest BCUT2D eigenvalue weighted by molar-refractivity contribution is 0.349. The fourth-order valence-corrected chi connectivity index (χ4v) is 2.93. The lowest BCUT2D eigenvalue weighted by Gasteiger charge is -2.21. The van der Waals surface area contributed by atoms with E-state index < -0.39 is 0 Å². The first kappa shape index (κ1) is 14.2. The molecule has 0 saturated carbocycles. The third-order valence-corrected chi connectivity index (χ3v) is 3.92. The van der Waals surface area contributed by atoms with Gasteiger partial charge in [0.05, 0.1) is 14.2 Å². The molecule has 106 valence electrons. The van der Waals surface area contributed by atoms with Crippen molar-refractivity contribution in [3.05, 3.63) is 23.3 Å². The maximum absolute atomic E-state index is 5.62. The molecule has 1 aromatic rings. The Morgan fingerprint density at radius 2 is 2.05 bits per heavy atom. The van der Waals surface area contributed by atoms with Crippen molar-refractivity contribution in [2.45, 2.75) is 45.1 Å². The van der Waals surface area contributed by atoms with Gasteiger partial charge in [-0.25, -0.2) is 0 Å². The van der Waals surface area contributed by atoms with E-state index in [1.54, 1.807) is 14.2 Å². The molecule has 0 radical (unpaired) electrons. The van der Waals surface area contributed by atoms with Gasteiger partial charge in [0.15, 0.2) is 11.5 Å². The summed E-state index contributed by atoms with van der Waals surface area (Å²) < 4.78 is 11.0. The van der Waals surface area contributed by atoms with E-state index in [4.69, 9.17) is 9.47 Å². The van der Waals surface area contributed by atoms with Gasteiger partial charge in [-0.1, -0.05) is 19.9 Å². The summed E-state index contributed by atoms with van der Waals surface area (Å²) in [5, 5.41) is 3.56. The largest absolute Gasteiger partial charge is 0.493 e. The number of benzene rings is 1. The minimum absolute atomic E-state index is 0.496. The monoisotopic (exact) mass is 263 g/mol. The number of hydrogen-bond donors (Lipinski definition) is 1. The van der Waals surface area contributed by atoms with Crippen molar-refractivity contribution < 1.29 is 9.47 Å². The highest BCUT2D eigenvalue weighted by atomic mass is 16.5. The maximum atomic E-state index is 5.62. The van der Waals surface area contributed by atoms with Gasteiger partial charge in [-0.15, -0.1) is 0 Å². The van der Waals surface area contributed by atoms with Crippen LogP contribution in [-0.4, -0.2) is 26.8 Å². The molecule has 1 heterocycles. The second kappa shape index (κ2) is 6.29. The molecule has 0 bridgehead atoms. The molecule has 0 aromatic heterocycles. The Morgan fingerprint density at radius 3 is 2.58 bits per heavy atom. The lowest BCUT2D eigenvalue weighted by Crippen LogP contribution is -2.24. The van der Waals surface area contributed by atoms with Gasteiger partial charge in [0.1, 0.15) is 0 Å². The van der Waals surface area contributed by atoms with E-state index in [9.17, 15) is 0 Å². The molecule has 2 rings (SSSR count). The second-order valence-electron chi connectivity index (χ2n) is 5.52. The normalized spacial score (nSPS) is 18.9. The summed E-state index contributed by atoms with van der Waals surface area (Å²) in [5.41, 5.74) is 2.67. The van der Waals surface area contributed by atoms with E-state index in [2.05, 4.69) is 25.2 Å². The molecule has 1 unspecified atom stereocenters. The van der Waals surface area contributed by atoms with Crippen LogP contribution in [0.5, 0.6) is 11.5 Å². The van der Waals surface area contributed by atoms with Crippen LogP contribution in [0.15, 0.2) is 12.1 Å². The molecule has 1 atom stereocenters. The molecule has 1 N–H and O–H groups in total. The van der Waals surface area contributed by atoms with Gasteiger partial charge in [-0.05, 0) is 43.4 Å². The summed E-state index contributed by atoms with van der Waals surface area (Å²) in [4.78, 5) is 0. The molecule has 1 aliphatic rings. The Kier molecular flexibility index (Phi) is 4.70. The molecule has 1 fully saturated rings. The zero-order valence-corrected chi connectivity index (χ0v) is 12.5. The Bertz CT molecular complexity index is 423. The van der Waals surface area contributed by atoms with E-state index in [-0.39, 0.29) is 0 Å². The summed E-state index contributed by atoms with van der Waals surface area (Å²) in [7, 11) is 3.43. The van der Waals surface area contributed by atoms with E-state index in [0.29, 0.717) is 12.0 Å². The van der Waals surface area contributed by atoms with Gasteiger partial charge in [0, 0.05) is 11.6 Å². The zero-order chi connectivity index (χ0) is 13.8. The van der Waals surface area contributed by atoms with Gasteiger partial charge in [-0.3, -0.25) is 0 Å². The van der Waals surface area contributed by atoms with Crippen LogP contribution in [0.2, 0.25) is 0 Å². The average Bonchev–Trinajstić information content (AvgIpc) is 2.90. The van der Waals surface area contributed by atoms with Gasteiger partial charge < -0.3 is 14.8 Å². The molecule has 0 spiro atoms. The van der Waals surface area contributed by atoms with Crippen LogP contribution in [-0.2, 0) is 6.42 Å². The van der Waals surface area contributed by atoms with Crippen LogP contribution in [0.25, 0.3) is 0 Å². The van der Waals surface area contributed by atoms with E-state index in [0.717, 1.165) is 24.5 Å². The lowest BCUT2D eigenvalue weighted by atomic mass is 9.91. The van der Waals surface area contributed by atoms with E-state index >= 15 is 0 Å². The Balaban J connectivity index is 2.39. The number of rotatable bonds is 5. The van der Waals surface area contributed by atoms with E-state index in [1.807, 2.05) is 6.07 Å². The zero-order valence-electron chi connectivity index (χ0n) is 12.5. The molecule has 1 aliphatic heterocycles. The van der Waals surface area contributed by atoms with Crippen molar-refractivity contribution >= 4 is 0 Å². The molecule has 1 saturated heterocycles. The van der Waals surface area contributed by atoms with Gasteiger partial charge in [-0.2, -0.15) is 0 Å². The fourth-order valence-electron chi connectivity index (χ4n) is 2.93. The molecule has 1 aromatic carbocycles. The molecule has 3 nitrogen and oxygen atoms in total. The van der Waals surface area contributed by atoms with Crippen LogP contribution in [0.3, 0.4) is 0 Å². The summed E-state index contributed by atoms with van der Waals surface area (Å²) in [5.74, 6) is 2.23.